The van der Waals surface area contributed by atoms with E-state index in [1.807, 2.05) is 24.3 Å². The number of nitrogens with zero attached hydrogens (tertiary/aromatic N) is 1. The summed E-state index contributed by atoms with van der Waals surface area (Å²) in [5.74, 6) is -1.61. The van der Waals surface area contributed by atoms with Crippen molar-refractivity contribution in [1.29, 1.82) is 0 Å². The third-order valence-electron chi connectivity index (χ3n) is 5.54. The summed E-state index contributed by atoms with van der Waals surface area (Å²) in [5, 5.41) is 5.54. The van der Waals surface area contributed by atoms with Crippen molar-refractivity contribution in [2.45, 2.75) is 56.7 Å². The Kier molecular flexibility index (Phi) is 4.56. The number of nitrogens with one attached hydrogen (secondary N) is 2. The van der Waals surface area contributed by atoms with Crippen molar-refractivity contribution in [2.24, 2.45) is 0 Å². The highest BCUT2D eigenvalue weighted by Gasteiger charge is 2.54. The Hall–Kier alpha value is -2.90. The molecule has 4 amide bonds. The van der Waals surface area contributed by atoms with E-state index < -0.39 is 36.1 Å². The molecule has 2 aliphatic carbocycles. The lowest BCUT2D eigenvalue weighted by atomic mass is 9.76. The number of urea groups is 1. The van der Waals surface area contributed by atoms with Crippen molar-refractivity contribution in [3.8, 4) is 0 Å². The van der Waals surface area contributed by atoms with Gasteiger partial charge in [0.1, 0.15) is 12.1 Å². The maximum atomic E-state index is 13.1. The van der Waals surface area contributed by atoms with Crippen molar-refractivity contribution in [3.05, 3.63) is 35.4 Å². The first-order chi connectivity index (χ1) is 13.4. The van der Waals surface area contributed by atoms with Crippen LogP contribution in [0.15, 0.2) is 24.3 Å². The van der Waals surface area contributed by atoms with E-state index >= 15 is 0 Å². The highest BCUT2D eigenvalue weighted by atomic mass is 16.5. The average Bonchev–Trinajstić information content (AvgIpc) is 3.45. The van der Waals surface area contributed by atoms with Crippen LogP contribution in [0.25, 0.3) is 0 Å². The van der Waals surface area contributed by atoms with Gasteiger partial charge in [0.2, 0.25) is 0 Å². The van der Waals surface area contributed by atoms with Gasteiger partial charge in [0.25, 0.3) is 11.8 Å². The van der Waals surface area contributed by atoms with Gasteiger partial charge in [-0.2, -0.15) is 0 Å². The van der Waals surface area contributed by atoms with Crippen molar-refractivity contribution in [1.82, 2.24) is 15.5 Å². The molecule has 2 N–H and O–H groups in total. The number of carbonyl (C=O) groups is 4. The lowest BCUT2D eigenvalue weighted by molar-refractivity contribution is -0.156. The predicted octanol–water partition coefficient (Wildman–Crippen LogP) is 0.980. The molecule has 0 bridgehead atoms. The molecule has 2 atom stereocenters. The molecule has 8 nitrogen and oxygen atoms in total. The minimum atomic E-state index is -1.12. The largest absolute Gasteiger partial charge is 0.451 e. The van der Waals surface area contributed by atoms with E-state index in [4.69, 9.17) is 4.74 Å². The molecular formula is C20H23N3O5. The lowest BCUT2D eigenvalue weighted by Crippen LogP contribution is -2.47. The summed E-state index contributed by atoms with van der Waals surface area (Å²) in [4.78, 5) is 50.7. The summed E-state index contributed by atoms with van der Waals surface area (Å²) in [6.45, 7) is 0.954. The second-order valence-electron chi connectivity index (χ2n) is 7.65. The molecule has 148 valence electrons. The molecule has 3 aliphatic rings. The molecule has 0 aromatic heterocycles. The minimum absolute atomic E-state index is 0.158. The van der Waals surface area contributed by atoms with E-state index in [0.717, 1.165) is 41.7 Å². The zero-order chi connectivity index (χ0) is 19.9. The molecule has 4 rings (SSSR count). The lowest BCUT2D eigenvalue weighted by Gasteiger charge is -2.33. The zero-order valence-corrected chi connectivity index (χ0v) is 15.7. The minimum Gasteiger partial charge on any atom is -0.451 e. The van der Waals surface area contributed by atoms with Crippen LogP contribution < -0.4 is 10.6 Å². The number of amides is 4. The molecule has 1 aromatic carbocycles. The van der Waals surface area contributed by atoms with Crippen LogP contribution in [0.3, 0.4) is 0 Å². The molecule has 1 aliphatic heterocycles. The van der Waals surface area contributed by atoms with E-state index in [1.165, 1.54) is 6.92 Å². The van der Waals surface area contributed by atoms with Gasteiger partial charge >= 0.3 is 12.0 Å². The number of hydrogen-bond donors (Lipinski definition) is 2. The summed E-state index contributed by atoms with van der Waals surface area (Å²) in [6.07, 6.45) is 2.98. The van der Waals surface area contributed by atoms with Crippen LogP contribution in [-0.4, -0.2) is 47.4 Å². The maximum absolute atomic E-state index is 13.1. The summed E-state index contributed by atoms with van der Waals surface area (Å²) < 4.78 is 5.12. The van der Waals surface area contributed by atoms with Crippen LogP contribution >= 0.6 is 0 Å². The third-order valence-corrected chi connectivity index (χ3v) is 5.54. The molecule has 8 heteroatoms. The number of esters is 1. The molecule has 1 heterocycles. The fourth-order valence-electron chi connectivity index (χ4n) is 3.92. The van der Waals surface area contributed by atoms with Gasteiger partial charge in [-0.3, -0.25) is 19.3 Å². The van der Waals surface area contributed by atoms with Crippen LogP contribution in [0.4, 0.5) is 4.79 Å². The number of benzene rings is 1. The Balaban J connectivity index is 1.45. The number of carbonyl (C=O) groups excluding carboxylic acids is 4. The van der Waals surface area contributed by atoms with Gasteiger partial charge in [-0.15, -0.1) is 0 Å². The maximum Gasteiger partial charge on any atom is 0.327 e. The van der Waals surface area contributed by atoms with Crippen molar-refractivity contribution >= 4 is 23.8 Å². The molecule has 28 heavy (non-hydrogen) atoms. The molecule has 1 saturated carbocycles. The predicted molar refractivity (Wildman–Crippen MR) is 98.0 cm³/mol. The Morgan fingerprint density at radius 3 is 2.82 bits per heavy atom. The van der Waals surface area contributed by atoms with Crippen molar-refractivity contribution < 1.29 is 23.9 Å². The Bertz CT molecular complexity index is 850. The number of imide groups is 1. The van der Waals surface area contributed by atoms with Gasteiger partial charge in [0.15, 0.2) is 6.10 Å². The summed E-state index contributed by atoms with van der Waals surface area (Å²) >= 11 is 0. The fraction of sp³-hybridized carbons (Fsp3) is 0.500. The van der Waals surface area contributed by atoms with Crippen LogP contribution in [-0.2, 0) is 31.1 Å². The van der Waals surface area contributed by atoms with Gasteiger partial charge in [-0.1, -0.05) is 24.3 Å². The van der Waals surface area contributed by atoms with Crippen molar-refractivity contribution in [2.75, 3.05) is 6.54 Å². The molecule has 1 saturated heterocycles. The first-order valence-electron chi connectivity index (χ1n) is 9.63. The highest BCUT2D eigenvalue weighted by Crippen LogP contribution is 2.39. The van der Waals surface area contributed by atoms with Gasteiger partial charge in [-0.05, 0) is 50.2 Å². The van der Waals surface area contributed by atoms with Gasteiger partial charge in [0.05, 0.1) is 0 Å². The summed E-state index contributed by atoms with van der Waals surface area (Å²) in [6, 6.07) is 7.08. The first-order valence-corrected chi connectivity index (χ1v) is 9.63. The monoisotopic (exact) mass is 385 g/mol. The van der Waals surface area contributed by atoms with Gasteiger partial charge in [0, 0.05) is 6.04 Å². The number of ether oxygens (including phenoxy) is 1. The second kappa shape index (κ2) is 6.92. The Morgan fingerprint density at radius 2 is 2.07 bits per heavy atom. The first kappa shape index (κ1) is 18.5. The van der Waals surface area contributed by atoms with Crippen LogP contribution in [0.2, 0.25) is 0 Å². The van der Waals surface area contributed by atoms with Crippen molar-refractivity contribution in [3.63, 3.8) is 0 Å². The van der Waals surface area contributed by atoms with Crippen LogP contribution in [0, 0.1) is 0 Å². The quantitative estimate of drug-likeness (QED) is 0.581. The highest BCUT2D eigenvalue weighted by molar-refractivity contribution is 6.09. The van der Waals surface area contributed by atoms with Gasteiger partial charge < -0.3 is 15.4 Å². The second-order valence-corrected chi connectivity index (χ2v) is 7.65. The zero-order valence-electron chi connectivity index (χ0n) is 15.7. The SMILES string of the molecule is C[C@@H](OC(=O)CN1C(=O)N[C@]2(CCCc3ccccc32)C1=O)C(=O)NC1CC1. The van der Waals surface area contributed by atoms with E-state index in [1.54, 1.807) is 0 Å². The number of rotatable bonds is 5. The number of fused-ring (bicyclic) bond motifs is 2. The van der Waals surface area contributed by atoms with Gasteiger partial charge in [-0.25, -0.2) is 4.79 Å². The van der Waals surface area contributed by atoms with E-state index in [9.17, 15) is 19.2 Å². The Labute approximate surface area is 162 Å². The topological polar surface area (TPSA) is 105 Å². The standard InChI is InChI=1S/C20H23N3O5/c1-12(17(25)21-14-8-9-14)28-16(24)11-23-18(26)20(22-19(23)27)10-4-6-13-5-2-3-7-15(13)20/h2-3,5,7,12,14H,4,6,8-11H2,1H3,(H,21,25)(H,22,27)/t12-,20+/m1/s1. The van der Waals surface area contributed by atoms with E-state index in [2.05, 4.69) is 10.6 Å². The van der Waals surface area contributed by atoms with Crippen LogP contribution in [0.1, 0.15) is 43.7 Å². The average molecular weight is 385 g/mol. The smallest absolute Gasteiger partial charge is 0.327 e. The molecule has 1 spiro atoms. The van der Waals surface area contributed by atoms with E-state index in [-0.39, 0.29) is 11.9 Å². The normalized spacial score (nSPS) is 24.5. The molecule has 2 fully saturated rings. The summed E-state index contributed by atoms with van der Waals surface area (Å²) in [7, 11) is 0. The summed E-state index contributed by atoms with van der Waals surface area (Å²) in [5.41, 5.74) is 0.686. The third kappa shape index (κ3) is 3.23. The number of aryl methyl sites for hydroxylation is 1. The number of hydrogen-bond acceptors (Lipinski definition) is 5. The molecule has 0 unspecified atom stereocenters. The molecular weight excluding hydrogens is 362 g/mol. The van der Waals surface area contributed by atoms with Crippen LogP contribution in [0.5, 0.6) is 0 Å². The Morgan fingerprint density at radius 1 is 1.32 bits per heavy atom. The molecule has 1 aromatic rings. The van der Waals surface area contributed by atoms with E-state index in [0.29, 0.717) is 6.42 Å². The molecule has 0 radical (unpaired) electrons. The fourth-order valence-corrected chi connectivity index (χ4v) is 3.92.